The van der Waals surface area contributed by atoms with Crippen molar-refractivity contribution in [3.8, 4) is 0 Å². The first-order chi connectivity index (χ1) is 7.68. The average molecular weight is 230 g/mol. The van der Waals surface area contributed by atoms with E-state index in [0.717, 1.165) is 5.56 Å². The lowest BCUT2D eigenvalue weighted by atomic mass is 9.95. The second-order valence-corrected chi connectivity index (χ2v) is 4.45. The fraction of sp³-hybridized carbons (Fsp3) is 0.0909. The molecule has 0 atom stereocenters. The number of fused-ring (bicyclic) bond motifs is 2. The van der Waals surface area contributed by atoms with Crippen LogP contribution >= 0.6 is 11.3 Å². The molecule has 2 aromatic rings. The van der Waals surface area contributed by atoms with Crippen LogP contribution in [0.1, 0.15) is 37.0 Å². The zero-order chi connectivity index (χ0) is 11.3. The summed E-state index contributed by atoms with van der Waals surface area (Å²) in [6.45, 7) is 1.83. The third-order valence-electron chi connectivity index (χ3n) is 2.47. The predicted molar refractivity (Wildman–Crippen MR) is 58.0 cm³/mol. The molecule has 2 heterocycles. The number of hydrogen-bond acceptors (Lipinski definition) is 5. The molecule has 0 radical (unpaired) electrons. The van der Waals surface area contributed by atoms with Gasteiger partial charge in [0.1, 0.15) is 16.3 Å². The zero-order valence-corrected chi connectivity index (χ0v) is 9.17. The van der Waals surface area contributed by atoms with E-state index in [-0.39, 0.29) is 23.0 Å². The Hall–Kier alpha value is -1.88. The van der Waals surface area contributed by atoms with Crippen LogP contribution in [0.2, 0.25) is 0 Å². The maximum atomic E-state index is 12.0. The van der Waals surface area contributed by atoms with Gasteiger partial charge in [0, 0.05) is 6.20 Å². The number of rotatable bonds is 0. The van der Waals surface area contributed by atoms with E-state index in [9.17, 15) is 9.59 Å². The van der Waals surface area contributed by atoms with Gasteiger partial charge in [0.2, 0.25) is 11.6 Å². The fourth-order valence-electron chi connectivity index (χ4n) is 1.73. The summed E-state index contributed by atoms with van der Waals surface area (Å²) in [4.78, 5) is 32.4. The Morgan fingerprint density at radius 2 is 1.94 bits per heavy atom. The van der Waals surface area contributed by atoms with E-state index in [0.29, 0.717) is 10.4 Å². The highest BCUT2D eigenvalue weighted by Gasteiger charge is 2.33. The first-order valence-electron chi connectivity index (χ1n) is 4.68. The minimum absolute atomic E-state index is 0.202. The molecule has 0 amide bonds. The van der Waals surface area contributed by atoms with Crippen LogP contribution in [0.5, 0.6) is 0 Å². The van der Waals surface area contributed by atoms with E-state index in [1.807, 2.05) is 6.92 Å². The Morgan fingerprint density at radius 3 is 2.75 bits per heavy atom. The average Bonchev–Trinajstić information content (AvgIpc) is 2.75. The van der Waals surface area contributed by atoms with Crippen LogP contribution < -0.4 is 0 Å². The molecule has 0 bridgehead atoms. The van der Waals surface area contributed by atoms with E-state index in [2.05, 4.69) is 9.97 Å². The van der Waals surface area contributed by atoms with Crippen LogP contribution in [0.25, 0.3) is 0 Å². The van der Waals surface area contributed by atoms with Crippen molar-refractivity contribution in [1.82, 2.24) is 9.97 Å². The fourth-order valence-corrected chi connectivity index (χ4v) is 2.45. The number of nitrogens with zero attached hydrogens (tertiary/aromatic N) is 2. The summed E-state index contributed by atoms with van der Waals surface area (Å²) in [5.74, 6) is -0.408. The molecule has 2 aromatic heterocycles. The highest BCUT2D eigenvalue weighted by atomic mass is 32.1. The van der Waals surface area contributed by atoms with Gasteiger partial charge < -0.3 is 0 Å². The Balaban J connectivity index is 2.34. The normalized spacial score (nSPS) is 13.6. The van der Waals surface area contributed by atoms with Crippen LogP contribution in [0.3, 0.4) is 0 Å². The van der Waals surface area contributed by atoms with Crippen molar-refractivity contribution in [2.45, 2.75) is 6.92 Å². The molecule has 16 heavy (non-hydrogen) atoms. The highest BCUT2D eigenvalue weighted by molar-refractivity contribution is 7.12. The van der Waals surface area contributed by atoms with Gasteiger partial charge >= 0.3 is 0 Å². The lowest BCUT2D eigenvalue weighted by Crippen LogP contribution is -2.21. The number of carbonyl (C=O) groups is 2. The SMILES string of the molecule is Cc1cnc2c(c1)C(=O)c1ncsc1C2=O. The number of thiazole rings is 1. The Kier molecular flexibility index (Phi) is 1.79. The molecule has 5 heteroatoms. The molecule has 0 saturated carbocycles. The molecule has 1 aliphatic carbocycles. The second-order valence-electron chi connectivity index (χ2n) is 3.60. The number of ketones is 2. The van der Waals surface area contributed by atoms with E-state index in [4.69, 9.17) is 0 Å². The number of aromatic nitrogens is 2. The van der Waals surface area contributed by atoms with E-state index in [1.54, 1.807) is 12.3 Å². The number of hydrogen-bond donors (Lipinski definition) is 0. The molecule has 3 rings (SSSR count). The summed E-state index contributed by atoms with van der Waals surface area (Å²) in [5.41, 5.74) is 3.24. The molecular formula is C11H6N2O2S. The lowest BCUT2D eigenvalue weighted by molar-refractivity contribution is 0.0975. The maximum Gasteiger partial charge on any atom is 0.224 e. The van der Waals surface area contributed by atoms with Crippen molar-refractivity contribution < 1.29 is 9.59 Å². The summed E-state index contributed by atoms with van der Waals surface area (Å²) in [7, 11) is 0. The van der Waals surface area contributed by atoms with Crippen molar-refractivity contribution in [3.63, 3.8) is 0 Å². The van der Waals surface area contributed by atoms with Crippen LogP contribution in [0.15, 0.2) is 17.8 Å². The lowest BCUT2D eigenvalue weighted by Gasteiger charge is -2.11. The van der Waals surface area contributed by atoms with Gasteiger partial charge in [-0.3, -0.25) is 14.6 Å². The smallest absolute Gasteiger partial charge is 0.224 e. The second kappa shape index (κ2) is 3.05. The molecular weight excluding hydrogens is 224 g/mol. The summed E-state index contributed by atoms with van der Waals surface area (Å²) < 4.78 is 0. The van der Waals surface area contributed by atoms with E-state index < -0.39 is 0 Å². The Bertz CT molecular complexity index is 631. The van der Waals surface area contributed by atoms with Gasteiger partial charge in [-0.25, -0.2) is 4.98 Å². The van der Waals surface area contributed by atoms with Gasteiger partial charge in [0.25, 0.3) is 0 Å². The van der Waals surface area contributed by atoms with Crippen molar-refractivity contribution in [2.75, 3.05) is 0 Å². The number of carbonyl (C=O) groups excluding carboxylic acids is 2. The molecule has 0 aliphatic heterocycles. The monoisotopic (exact) mass is 230 g/mol. The zero-order valence-electron chi connectivity index (χ0n) is 8.35. The van der Waals surface area contributed by atoms with Gasteiger partial charge in [0.15, 0.2) is 0 Å². The Morgan fingerprint density at radius 1 is 1.12 bits per heavy atom. The molecule has 0 N–H and O–H groups in total. The molecule has 0 spiro atoms. The largest absolute Gasteiger partial charge is 0.287 e. The molecule has 4 nitrogen and oxygen atoms in total. The van der Waals surface area contributed by atoms with Gasteiger partial charge in [-0.15, -0.1) is 11.3 Å². The Labute approximate surface area is 95.0 Å². The van der Waals surface area contributed by atoms with E-state index >= 15 is 0 Å². The van der Waals surface area contributed by atoms with Crippen LogP contribution in [-0.4, -0.2) is 21.5 Å². The summed E-state index contributed by atoms with van der Waals surface area (Å²) in [6, 6.07) is 1.69. The minimum Gasteiger partial charge on any atom is -0.287 e. The van der Waals surface area contributed by atoms with Gasteiger partial charge in [-0.05, 0) is 18.6 Å². The van der Waals surface area contributed by atoms with Gasteiger partial charge in [-0.2, -0.15) is 0 Å². The van der Waals surface area contributed by atoms with Crippen LogP contribution in [-0.2, 0) is 0 Å². The first-order valence-corrected chi connectivity index (χ1v) is 5.56. The van der Waals surface area contributed by atoms with E-state index in [1.165, 1.54) is 16.8 Å². The number of pyridine rings is 1. The van der Waals surface area contributed by atoms with Crippen molar-refractivity contribution in [1.29, 1.82) is 0 Å². The van der Waals surface area contributed by atoms with Crippen molar-refractivity contribution in [2.24, 2.45) is 0 Å². The first kappa shape index (κ1) is 9.35. The molecule has 0 saturated heterocycles. The molecule has 0 fully saturated rings. The molecule has 0 unspecified atom stereocenters. The topological polar surface area (TPSA) is 59.9 Å². The summed E-state index contributed by atoms with van der Waals surface area (Å²) in [6.07, 6.45) is 1.59. The van der Waals surface area contributed by atoms with Crippen molar-refractivity contribution in [3.05, 3.63) is 45.2 Å². The number of aryl methyl sites for hydroxylation is 1. The van der Waals surface area contributed by atoms with Crippen LogP contribution in [0, 0.1) is 6.92 Å². The van der Waals surface area contributed by atoms with Gasteiger partial charge in [-0.1, -0.05) is 0 Å². The summed E-state index contributed by atoms with van der Waals surface area (Å²) in [5, 5.41) is 0. The highest BCUT2D eigenvalue weighted by Crippen LogP contribution is 2.27. The predicted octanol–water partition coefficient (Wildman–Crippen LogP) is 1.62. The summed E-state index contributed by atoms with van der Waals surface area (Å²) >= 11 is 1.18. The third-order valence-corrected chi connectivity index (χ3v) is 3.30. The molecule has 78 valence electrons. The quantitative estimate of drug-likeness (QED) is 0.588. The third kappa shape index (κ3) is 1.09. The van der Waals surface area contributed by atoms with Crippen LogP contribution in [0.4, 0.5) is 0 Å². The standard InChI is InChI=1S/C11H6N2O2S/c1-5-2-6-7(12-3-5)10(15)11-8(9(6)14)13-4-16-11/h2-4H,1H3. The van der Waals surface area contributed by atoms with Crippen molar-refractivity contribution >= 4 is 22.9 Å². The van der Waals surface area contributed by atoms with Gasteiger partial charge in [0.05, 0.1) is 11.1 Å². The molecule has 1 aliphatic rings. The minimum atomic E-state index is -0.206. The molecule has 0 aromatic carbocycles. The maximum absolute atomic E-state index is 12.0.